The molecule has 0 radical (unpaired) electrons. The highest BCUT2D eigenvalue weighted by Crippen LogP contribution is 2.80. The van der Waals surface area contributed by atoms with Gasteiger partial charge in [0.15, 0.2) is 0 Å². The van der Waals surface area contributed by atoms with E-state index in [0.717, 1.165) is 27.7 Å². The van der Waals surface area contributed by atoms with Gasteiger partial charge in [0.25, 0.3) is 0 Å². The zero-order valence-corrected chi connectivity index (χ0v) is 18.7. The molecule has 0 aliphatic heterocycles. The maximum Gasteiger partial charge on any atom is 0.314 e. The SMILES string of the molecule is CC12C[C@@H]3c4cc(-c5c(F)cccc5I)nnc4C1(CN(CCC#N)C(N)=O)CC32. The largest absolute Gasteiger partial charge is 0.351 e. The fourth-order valence-corrected chi connectivity index (χ4v) is 6.89. The number of primary amides is 1. The fourth-order valence-electron chi connectivity index (χ4n) is 6.15. The van der Waals surface area contributed by atoms with Crippen molar-refractivity contribution in [3.05, 3.63) is 44.9 Å². The molecule has 1 aromatic carbocycles. The van der Waals surface area contributed by atoms with E-state index in [2.05, 4.69) is 45.8 Å². The molecule has 154 valence electrons. The van der Waals surface area contributed by atoms with Crippen LogP contribution in [-0.4, -0.2) is 34.2 Å². The smallest absolute Gasteiger partial charge is 0.314 e. The number of fused-ring (bicyclic) bond motifs is 3. The lowest BCUT2D eigenvalue weighted by molar-refractivity contribution is -0.198. The summed E-state index contributed by atoms with van der Waals surface area (Å²) in [5.41, 5.74) is 8.47. The van der Waals surface area contributed by atoms with E-state index in [4.69, 9.17) is 11.0 Å². The van der Waals surface area contributed by atoms with Crippen LogP contribution in [0.1, 0.15) is 43.4 Å². The van der Waals surface area contributed by atoms with Gasteiger partial charge in [0.2, 0.25) is 0 Å². The Bertz CT molecular complexity index is 1100. The first kappa shape index (κ1) is 19.7. The van der Waals surface area contributed by atoms with Crippen molar-refractivity contribution in [2.75, 3.05) is 13.1 Å². The van der Waals surface area contributed by atoms with Crippen LogP contribution >= 0.6 is 22.6 Å². The molecule has 3 unspecified atom stereocenters. The van der Waals surface area contributed by atoms with E-state index in [0.29, 0.717) is 36.2 Å². The van der Waals surface area contributed by atoms with Gasteiger partial charge in [-0.25, -0.2) is 9.18 Å². The molecule has 30 heavy (non-hydrogen) atoms. The molecule has 2 fully saturated rings. The number of rotatable bonds is 5. The lowest BCUT2D eigenvalue weighted by Crippen LogP contribution is -2.75. The van der Waals surface area contributed by atoms with E-state index in [1.807, 2.05) is 12.1 Å². The molecule has 8 heteroatoms. The van der Waals surface area contributed by atoms with Crippen molar-refractivity contribution in [2.45, 2.75) is 37.5 Å². The fraction of sp³-hybridized carbons (Fsp3) is 0.455. The number of hydrogen-bond acceptors (Lipinski definition) is 4. The minimum atomic E-state index is -0.514. The van der Waals surface area contributed by atoms with Crippen LogP contribution < -0.4 is 5.73 Å². The number of nitriles is 1. The van der Waals surface area contributed by atoms with Gasteiger partial charge in [0.1, 0.15) is 5.82 Å². The Morgan fingerprint density at radius 1 is 1.43 bits per heavy atom. The number of urea groups is 1. The number of nitrogens with two attached hydrogens (primary N) is 1. The summed E-state index contributed by atoms with van der Waals surface area (Å²) in [6.45, 7) is 3.02. The van der Waals surface area contributed by atoms with Crippen molar-refractivity contribution in [1.82, 2.24) is 15.1 Å². The second-order valence-corrected chi connectivity index (χ2v) is 10.1. The highest BCUT2D eigenvalue weighted by Gasteiger charge is 2.76. The third kappa shape index (κ3) is 2.41. The Hall–Kier alpha value is -2.28. The van der Waals surface area contributed by atoms with Crippen LogP contribution in [0.2, 0.25) is 0 Å². The predicted octanol–water partition coefficient (Wildman–Crippen LogP) is 3.95. The summed E-state index contributed by atoms with van der Waals surface area (Å²) in [6.07, 6.45) is 2.21. The monoisotopic (exact) mass is 517 g/mol. The number of carbonyl (C=O) groups excluding carboxylic acids is 1. The quantitative estimate of drug-likeness (QED) is 0.608. The number of carbonyl (C=O) groups is 1. The Balaban J connectivity index is 1.57. The van der Waals surface area contributed by atoms with E-state index in [-0.39, 0.29) is 23.1 Å². The number of hydrogen-bond donors (Lipinski definition) is 1. The predicted molar refractivity (Wildman–Crippen MR) is 117 cm³/mol. The molecule has 4 atom stereocenters. The van der Waals surface area contributed by atoms with Gasteiger partial charge < -0.3 is 10.6 Å². The summed E-state index contributed by atoms with van der Waals surface area (Å²) in [4.78, 5) is 13.6. The lowest BCUT2D eigenvalue weighted by atomic mass is 9.27. The van der Waals surface area contributed by atoms with E-state index >= 15 is 0 Å². The van der Waals surface area contributed by atoms with E-state index in [1.54, 1.807) is 11.0 Å². The molecule has 2 saturated carbocycles. The van der Waals surface area contributed by atoms with Crippen LogP contribution in [0.25, 0.3) is 11.3 Å². The Morgan fingerprint density at radius 2 is 2.23 bits per heavy atom. The molecular formula is C22H21FIN5O. The second-order valence-electron chi connectivity index (χ2n) is 8.92. The first-order chi connectivity index (χ1) is 14.3. The van der Waals surface area contributed by atoms with Crippen molar-refractivity contribution in [3.8, 4) is 17.3 Å². The van der Waals surface area contributed by atoms with E-state index < -0.39 is 6.03 Å². The summed E-state index contributed by atoms with van der Waals surface area (Å²) in [7, 11) is 0. The maximum atomic E-state index is 14.5. The van der Waals surface area contributed by atoms with Crippen LogP contribution in [-0.2, 0) is 5.41 Å². The summed E-state index contributed by atoms with van der Waals surface area (Å²) >= 11 is 2.12. The molecule has 3 aliphatic rings. The molecule has 1 aromatic heterocycles. The number of benzene rings is 1. The number of amides is 2. The molecule has 3 aliphatic carbocycles. The van der Waals surface area contributed by atoms with E-state index in [9.17, 15) is 9.18 Å². The van der Waals surface area contributed by atoms with Gasteiger partial charge in [-0.15, -0.1) is 0 Å². The minimum absolute atomic E-state index is 0.0631. The van der Waals surface area contributed by atoms with Crippen LogP contribution in [0, 0.1) is 32.1 Å². The third-order valence-electron chi connectivity index (χ3n) is 7.77. The zero-order chi connectivity index (χ0) is 21.3. The van der Waals surface area contributed by atoms with Gasteiger partial charge >= 0.3 is 6.03 Å². The summed E-state index contributed by atoms with van der Waals surface area (Å²) in [5, 5.41) is 18.0. The number of halogens is 2. The molecule has 2 amide bonds. The van der Waals surface area contributed by atoms with Crippen molar-refractivity contribution in [2.24, 2.45) is 17.1 Å². The van der Waals surface area contributed by atoms with Crippen molar-refractivity contribution in [1.29, 1.82) is 5.26 Å². The summed E-state index contributed by atoms with van der Waals surface area (Å²) in [6, 6.07) is 8.56. The van der Waals surface area contributed by atoms with Gasteiger partial charge in [-0.1, -0.05) is 13.0 Å². The van der Waals surface area contributed by atoms with Gasteiger partial charge in [-0.05, 0) is 76.4 Å². The summed E-state index contributed by atoms with van der Waals surface area (Å²) in [5.74, 6) is 0.640. The average molecular weight is 517 g/mol. The van der Waals surface area contributed by atoms with E-state index in [1.165, 1.54) is 6.07 Å². The van der Waals surface area contributed by atoms with Crippen molar-refractivity contribution in [3.63, 3.8) is 0 Å². The second kappa shape index (κ2) is 6.61. The molecule has 2 N–H and O–H groups in total. The Morgan fingerprint density at radius 3 is 2.87 bits per heavy atom. The van der Waals surface area contributed by atoms with Crippen LogP contribution in [0.15, 0.2) is 24.3 Å². The normalized spacial score (nSPS) is 29.8. The molecule has 4 bridgehead atoms. The highest BCUT2D eigenvalue weighted by atomic mass is 127. The number of aromatic nitrogens is 2. The van der Waals surface area contributed by atoms with Crippen LogP contribution in [0.3, 0.4) is 0 Å². The van der Waals surface area contributed by atoms with Gasteiger partial charge in [-0.3, -0.25) is 0 Å². The zero-order valence-electron chi connectivity index (χ0n) is 16.5. The third-order valence-corrected chi connectivity index (χ3v) is 8.67. The number of nitrogens with zero attached hydrogens (tertiary/aromatic N) is 4. The molecule has 6 nitrogen and oxygen atoms in total. The lowest BCUT2D eigenvalue weighted by Gasteiger charge is -2.77. The molecule has 0 spiro atoms. The molecule has 5 rings (SSSR count). The Labute approximate surface area is 187 Å². The first-order valence-corrected chi connectivity index (χ1v) is 11.1. The first-order valence-electron chi connectivity index (χ1n) is 10.1. The standard InChI is InChI=1S/C22H21FIN5O/c1-21-9-13-12-8-17(18-15(23)4-2-5-16(18)24)27-28-19(12)22(21,10-14(13)21)11-29(20(26)30)7-3-6-25/h2,4-5,8,13-14H,3,7,9-11H2,1H3,(H2,26,30)/t13-,14?,21?,22?/m1/s1. The van der Waals surface area contributed by atoms with Gasteiger partial charge in [0, 0.05) is 22.1 Å². The van der Waals surface area contributed by atoms with Crippen molar-refractivity contribution < 1.29 is 9.18 Å². The molecule has 1 heterocycles. The van der Waals surface area contributed by atoms with Gasteiger partial charge in [0.05, 0.1) is 29.4 Å². The van der Waals surface area contributed by atoms with Crippen molar-refractivity contribution >= 4 is 28.6 Å². The minimum Gasteiger partial charge on any atom is -0.351 e. The highest BCUT2D eigenvalue weighted by molar-refractivity contribution is 14.1. The maximum absolute atomic E-state index is 14.5. The Kier molecular flexibility index (Phi) is 4.33. The molecule has 0 saturated heterocycles. The average Bonchev–Trinajstić information content (AvgIpc) is 2.71. The molecular weight excluding hydrogens is 496 g/mol. The van der Waals surface area contributed by atoms with Crippen LogP contribution in [0.5, 0.6) is 0 Å². The topological polar surface area (TPSA) is 95.9 Å². The van der Waals surface area contributed by atoms with Crippen LogP contribution in [0.4, 0.5) is 9.18 Å². The summed E-state index contributed by atoms with van der Waals surface area (Å²) < 4.78 is 15.3. The molecule has 2 aromatic rings. The van der Waals surface area contributed by atoms with Gasteiger partial charge in [-0.2, -0.15) is 15.5 Å².